The molecule has 0 heterocycles. The summed E-state index contributed by atoms with van der Waals surface area (Å²) in [6.45, 7) is -0.664. The van der Waals surface area contributed by atoms with Crippen LogP contribution < -0.4 is 10.1 Å². The summed E-state index contributed by atoms with van der Waals surface area (Å²) >= 11 is 11.6. The quantitative estimate of drug-likeness (QED) is 0.708. The van der Waals surface area contributed by atoms with Crippen molar-refractivity contribution in [3.05, 3.63) is 52.5 Å². The Balaban J connectivity index is 2.18. The summed E-state index contributed by atoms with van der Waals surface area (Å²) < 4.78 is 67.1. The zero-order valence-electron chi connectivity index (χ0n) is 14.1. The van der Waals surface area contributed by atoms with Gasteiger partial charge in [-0.25, -0.2) is 8.42 Å². The summed E-state index contributed by atoms with van der Waals surface area (Å²) in [4.78, 5) is 11.4. The maximum atomic E-state index is 12.6. The van der Waals surface area contributed by atoms with Crippen molar-refractivity contribution < 1.29 is 31.1 Å². The third-order valence-corrected chi connectivity index (χ3v) is 5.91. The van der Waals surface area contributed by atoms with E-state index in [-0.39, 0.29) is 15.7 Å². The Morgan fingerprint density at radius 3 is 2.39 bits per heavy atom. The number of carbonyl (C=O) groups is 1. The number of rotatable bonds is 6. The van der Waals surface area contributed by atoms with E-state index in [0.717, 1.165) is 19.2 Å². The second-order valence-corrected chi connectivity index (χ2v) is 8.26. The maximum Gasteiger partial charge on any atom is 0.573 e. The Morgan fingerprint density at radius 1 is 1.14 bits per heavy atom. The van der Waals surface area contributed by atoms with Crippen molar-refractivity contribution in [1.29, 1.82) is 0 Å². The highest BCUT2D eigenvalue weighted by molar-refractivity contribution is 7.89. The molecule has 0 unspecified atom stereocenters. The van der Waals surface area contributed by atoms with E-state index in [9.17, 15) is 26.4 Å². The number of halogens is 5. The molecular formula is C16H13Cl2F3N2O4S. The van der Waals surface area contributed by atoms with Crippen LogP contribution in [0.15, 0.2) is 47.4 Å². The normalized spacial score (nSPS) is 12.1. The molecule has 0 atom stereocenters. The lowest BCUT2D eigenvalue weighted by Crippen LogP contribution is -2.35. The van der Waals surface area contributed by atoms with E-state index in [2.05, 4.69) is 10.1 Å². The third kappa shape index (κ3) is 5.74. The highest BCUT2D eigenvalue weighted by atomic mass is 35.5. The first-order valence-electron chi connectivity index (χ1n) is 7.46. The molecule has 0 aliphatic carbocycles. The van der Waals surface area contributed by atoms with Crippen LogP contribution in [0.4, 0.5) is 18.9 Å². The summed E-state index contributed by atoms with van der Waals surface area (Å²) in [5.74, 6) is -1.63. The van der Waals surface area contributed by atoms with Crippen LogP contribution in [0.1, 0.15) is 0 Å². The molecule has 2 rings (SSSR count). The molecule has 0 fully saturated rings. The molecule has 6 nitrogen and oxygen atoms in total. The van der Waals surface area contributed by atoms with Crippen LogP contribution in [0.2, 0.25) is 10.0 Å². The van der Waals surface area contributed by atoms with Crippen LogP contribution >= 0.6 is 23.2 Å². The fourth-order valence-electron chi connectivity index (χ4n) is 2.10. The van der Waals surface area contributed by atoms with Crippen molar-refractivity contribution in [2.45, 2.75) is 11.3 Å². The minimum Gasteiger partial charge on any atom is -0.404 e. The van der Waals surface area contributed by atoms with E-state index in [1.54, 1.807) is 0 Å². The van der Waals surface area contributed by atoms with E-state index in [0.29, 0.717) is 4.31 Å². The highest BCUT2D eigenvalue weighted by Gasteiger charge is 2.35. The molecule has 2 aromatic carbocycles. The molecule has 0 bridgehead atoms. The molecule has 2 aromatic rings. The van der Waals surface area contributed by atoms with Crippen LogP contribution in [0.25, 0.3) is 0 Å². The summed E-state index contributed by atoms with van der Waals surface area (Å²) in [6, 6.07) is 8.49. The van der Waals surface area contributed by atoms with Crippen molar-refractivity contribution in [1.82, 2.24) is 4.31 Å². The molecule has 0 aliphatic rings. The number of anilines is 1. The lowest BCUT2D eigenvalue weighted by Gasteiger charge is -2.19. The van der Waals surface area contributed by atoms with Gasteiger partial charge in [0.1, 0.15) is 10.6 Å². The summed E-state index contributed by atoms with van der Waals surface area (Å²) in [5.41, 5.74) is 0.269. The van der Waals surface area contributed by atoms with Gasteiger partial charge in [0, 0.05) is 12.7 Å². The van der Waals surface area contributed by atoms with Crippen molar-refractivity contribution in [2.75, 3.05) is 18.9 Å². The van der Waals surface area contributed by atoms with Gasteiger partial charge in [-0.3, -0.25) is 4.79 Å². The van der Waals surface area contributed by atoms with Crippen molar-refractivity contribution >= 4 is 44.8 Å². The standard InChI is InChI=1S/C16H13Cl2F3N2O4S/c1-23(9-15(24)22-10-6-7-11(17)12(18)8-10)28(25,26)14-5-3-2-4-13(14)27-16(19,20)21/h2-8H,9H2,1H3,(H,22,24). The molecule has 152 valence electrons. The predicted molar refractivity (Wildman–Crippen MR) is 98.0 cm³/mol. The van der Waals surface area contributed by atoms with Gasteiger partial charge in [0.2, 0.25) is 15.9 Å². The Labute approximate surface area is 168 Å². The Hall–Kier alpha value is -2.01. The van der Waals surface area contributed by atoms with Crippen molar-refractivity contribution in [2.24, 2.45) is 0 Å². The number of nitrogens with one attached hydrogen (secondary N) is 1. The molecule has 1 amide bonds. The number of ether oxygens (including phenoxy) is 1. The largest absolute Gasteiger partial charge is 0.573 e. The van der Waals surface area contributed by atoms with Gasteiger partial charge >= 0.3 is 6.36 Å². The van der Waals surface area contributed by atoms with Crippen LogP contribution in [-0.2, 0) is 14.8 Å². The van der Waals surface area contributed by atoms with Gasteiger partial charge in [0.15, 0.2) is 0 Å². The predicted octanol–water partition coefficient (Wildman–Crippen LogP) is 4.15. The first-order chi connectivity index (χ1) is 12.9. The van der Waals surface area contributed by atoms with Gasteiger partial charge in [-0.1, -0.05) is 35.3 Å². The first-order valence-corrected chi connectivity index (χ1v) is 9.66. The number of likely N-dealkylation sites (N-methyl/N-ethyl adjacent to an activating group) is 1. The Morgan fingerprint density at radius 2 is 1.79 bits per heavy atom. The first kappa shape index (κ1) is 22.3. The van der Waals surface area contributed by atoms with Gasteiger partial charge in [-0.2, -0.15) is 4.31 Å². The number of amides is 1. The SMILES string of the molecule is CN(CC(=O)Nc1ccc(Cl)c(Cl)c1)S(=O)(=O)c1ccccc1OC(F)(F)F. The maximum absolute atomic E-state index is 12.6. The second kappa shape index (κ2) is 8.56. The minimum absolute atomic E-state index is 0.179. The second-order valence-electron chi connectivity index (χ2n) is 5.43. The molecule has 28 heavy (non-hydrogen) atoms. The van der Waals surface area contributed by atoms with Gasteiger partial charge in [-0.05, 0) is 30.3 Å². The van der Waals surface area contributed by atoms with Gasteiger partial charge in [-0.15, -0.1) is 13.2 Å². The number of nitrogens with zero attached hydrogens (tertiary/aromatic N) is 1. The molecule has 1 N–H and O–H groups in total. The molecule has 0 aliphatic heterocycles. The van der Waals surface area contributed by atoms with E-state index < -0.39 is 39.5 Å². The lowest BCUT2D eigenvalue weighted by atomic mass is 10.3. The fraction of sp³-hybridized carbons (Fsp3) is 0.188. The number of sulfonamides is 1. The lowest BCUT2D eigenvalue weighted by molar-refractivity contribution is -0.275. The number of hydrogen-bond acceptors (Lipinski definition) is 4. The molecule has 0 spiro atoms. The number of hydrogen-bond donors (Lipinski definition) is 1. The van der Waals surface area contributed by atoms with E-state index in [1.807, 2.05) is 0 Å². The van der Waals surface area contributed by atoms with Gasteiger partial charge in [0.05, 0.1) is 16.6 Å². The number of alkyl halides is 3. The number of carbonyl (C=O) groups excluding carboxylic acids is 1. The van der Waals surface area contributed by atoms with E-state index in [1.165, 1.54) is 30.3 Å². The van der Waals surface area contributed by atoms with Crippen molar-refractivity contribution in [3.63, 3.8) is 0 Å². The van der Waals surface area contributed by atoms with Gasteiger partial charge in [0.25, 0.3) is 0 Å². The monoisotopic (exact) mass is 456 g/mol. The van der Waals surface area contributed by atoms with Crippen LogP contribution in [0.3, 0.4) is 0 Å². The smallest absolute Gasteiger partial charge is 0.404 e. The third-order valence-electron chi connectivity index (χ3n) is 3.33. The van der Waals surface area contributed by atoms with Crippen LogP contribution in [0.5, 0.6) is 5.75 Å². The molecule has 0 radical (unpaired) electrons. The van der Waals surface area contributed by atoms with E-state index >= 15 is 0 Å². The number of benzene rings is 2. The highest BCUT2D eigenvalue weighted by Crippen LogP contribution is 2.31. The minimum atomic E-state index is -5.07. The fourth-order valence-corrected chi connectivity index (χ4v) is 3.64. The molecule has 0 saturated carbocycles. The summed E-state index contributed by atoms with van der Waals surface area (Å²) in [6.07, 6.45) is -5.07. The topological polar surface area (TPSA) is 75.7 Å². The molecule has 12 heteroatoms. The van der Waals surface area contributed by atoms with Crippen LogP contribution in [-0.4, -0.2) is 38.6 Å². The molecule has 0 aromatic heterocycles. The Bertz CT molecular complexity index is 984. The Kier molecular flexibility index (Phi) is 6.81. The average molecular weight is 457 g/mol. The van der Waals surface area contributed by atoms with E-state index in [4.69, 9.17) is 23.2 Å². The van der Waals surface area contributed by atoms with Crippen molar-refractivity contribution in [3.8, 4) is 5.75 Å². The average Bonchev–Trinajstić information content (AvgIpc) is 2.57. The summed E-state index contributed by atoms with van der Waals surface area (Å²) in [7, 11) is -3.39. The van der Waals surface area contributed by atoms with Gasteiger partial charge < -0.3 is 10.1 Å². The number of para-hydroxylation sites is 1. The zero-order chi connectivity index (χ0) is 21.1. The molecule has 0 saturated heterocycles. The summed E-state index contributed by atoms with van der Waals surface area (Å²) in [5, 5.41) is 2.86. The van der Waals surface area contributed by atoms with Crippen LogP contribution in [0, 0.1) is 0 Å². The zero-order valence-corrected chi connectivity index (χ0v) is 16.5. The molecular weight excluding hydrogens is 444 g/mol.